The van der Waals surface area contributed by atoms with Crippen molar-refractivity contribution in [2.24, 2.45) is 0 Å². The van der Waals surface area contributed by atoms with Gasteiger partial charge in [-0.1, -0.05) is 104 Å². The first-order valence-electron chi connectivity index (χ1n) is 15.6. The maximum Gasteiger partial charge on any atom is 0.407 e. The number of ether oxygens (including phenoxy) is 3. The number of hydrogen-bond donors (Lipinski definition) is 2. The van der Waals surface area contributed by atoms with Gasteiger partial charge in [0.25, 0.3) is 0 Å². The summed E-state index contributed by atoms with van der Waals surface area (Å²) in [4.78, 5) is 14.5. The Hall–Kier alpha value is -3.75. The predicted octanol–water partition coefficient (Wildman–Crippen LogP) is 7.23. The molecule has 0 spiro atoms. The molecule has 3 aromatic rings. The summed E-state index contributed by atoms with van der Waals surface area (Å²) in [7, 11) is 0. The summed E-state index contributed by atoms with van der Waals surface area (Å²) >= 11 is 0. The molecule has 2 fully saturated rings. The van der Waals surface area contributed by atoms with Crippen LogP contribution in [0.3, 0.4) is 0 Å². The van der Waals surface area contributed by atoms with Gasteiger partial charge < -0.3 is 24.6 Å². The first-order valence-corrected chi connectivity index (χ1v) is 15.6. The van der Waals surface area contributed by atoms with Crippen molar-refractivity contribution in [1.29, 1.82) is 0 Å². The molecule has 2 N–H and O–H groups in total. The quantitative estimate of drug-likeness (QED) is 0.203. The van der Waals surface area contributed by atoms with Crippen LogP contribution in [0.25, 0.3) is 11.1 Å². The third-order valence-electron chi connectivity index (χ3n) is 8.52. The van der Waals surface area contributed by atoms with Gasteiger partial charge in [0.2, 0.25) is 0 Å². The normalized spacial score (nSPS) is 20.4. The molecule has 232 valence electrons. The molecule has 3 atom stereocenters. The Morgan fingerprint density at radius 1 is 0.955 bits per heavy atom. The summed E-state index contributed by atoms with van der Waals surface area (Å²) in [5.74, 6) is 0. The summed E-state index contributed by atoms with van der Waals surface area (Å²) in [6, 6.07) is 24.9. The molecule has 1 aliphatic carbocycles. The van der Waals surface area contributed by atoms with E-state index in [0.717, 1.165) is 52.9 Å². The van der Waals surface area contributed by atoms with Crippen LogP contribution < -0.4 is 5.32 Å². The Bertz CT molecular complexity index is 1370. The van der Waals surface area contributed by atoms with Crippen LogP contribution in [0.15, 0.2) is 98.1 Å². The van der Waals surface area contributed by atoms with Gasteiger partial charge in [0.05, 0.1) is 18.8 Å². The molecule has 7 nitrogen and oxygen atoms in total. The molecule has 0 aromatic heterocycles. The lowest BCUT2D eigenvalue weighted by molar-refractivity contribution is -0.253. The van der Waals surface area contributed by atoms with E-state index in [0.29, 0.717) is 12.6 Å². The van der Waals surface area contributed by atoms with Gasteiger partial charge in [0.1, 0.15) is 6.61 Å². The zero-order valence-corrected chi connectivity index (χ0v) is 25.4. The van der Waals surface area contributed by atoms with Crippen LogP contribution in [-0.2, 0) is 27.4 Å². The topological polar surface area (TPSA) is 80.3 Å². The van der Waals surface area contributed by atoms with E-state index in [2.05, 4.69) is 59.8 Å². The van der Waals surface area contributed by atoms with Crippen LogP contribution in [-0.4, -0.2) is 47.9 Å². The molecule has 7 heteroatoms. The Morgan fingerprint density at radius 3 is 2.39 bits per heavy atom. The molecule has 2 aliphatic rings. The zero-order valence-electron chi connectivity index (χ0n) is 25.4. The molecule has 44 heavy (non-hydrogen) atoms. The van der Waals surface area contributed by atoms with Crippen LogP contribution in [0.2, 0.25) is 0 Å². The molecule has 1 saturated carbocycles. The van der Waals surface area contributed by atoms with Gasteiger partial charge in [-0.2, -0.15) is 0 Å². The number of alkyl carbamates (subject to hydrolysis) is 1. The number of aliphatic hydroxyl groups excluding tert-OH is 1. The van der Waals surface area contributed by atoms with E-state index >= 15 is 0 Å². The number of hydrogen-bond acceptors (Lipinski definition) is 6. The van der Waals surface area contributed by atoms with Gasteiger partial charge in [-0.15, -0.1) is 6.58 Å². The van der Waals surface area contributed by atoms with E-state index < -0.39 is 12.4 Å². The minimum atomic E-state index is -0.518. The molecule has 1 aliphatic heterocycles. The monoisotopic (exact) mass is 596 g/mol. The molecule has 0 radical (unpaired) electrons. The Labute approximate surface area is 261 Å². The van der Waals surface area contributed by atoms with Crippen molar-refractivity contribution in [1.82, 2.24) is 10.2 Å². The van der Waals surface area contributed by atoms with Crippen molar-refractivity contribution >= 4 is 6.09 Å². The number of nitrogens with one attached hydrogen (secondary N) is 1. The molecular weight excluding hydrogens is 552 g/mol. The number of rotatable bonds is 13. The van der Waals surface area contributed by atoms with E-state index in [4.69, 9.17) is 14.2 Å². The molecule has 3 aromatic carbocycles. The molecule has 1 heterocycles. The molecule has 0 unspecified atom stereocenters. The highest BCUT2D eigenvalue weighted by molar-refractivity contribution is 5.70. The highest BCUT2D eigenvalue weighted by Crippen LogP contribution is 2.39. The standard InChI is InChI=1S/C37H44N2O5/c1-3-21-39(32-10-6-7-11-32)25-33-23-35(29-15-13-27(26-40)14-16-29)44-36(43-33)30-19-17-28(18-20-30)34-12-8-5-9-31(34)24-38-37(41)42-22-4-2/h3-5,8-9,12-20,32-33,35-36,40H,1-2,6-7,10-11,21-26H2,(H,38,41)/t33-,35+,36+/m0/s1. The van der Waals surface area contributed by atoms with E-state index in [9.17, 15) is 9.90 Å². The first-order chi connectivity index (χ1) is 21.6. The van der Waals surface area contributed by atoms with Gasteiger partial charge in [-0.05, 0) is 40.7 Å². The smallest absolute Gasteiger partial charge is 0.407 e. The maximum atomic E-state index is 12.0. The third-order valence-corrected chi connectivity index (χ3v) is 8.52. The second kappa shape index (κ2) is 15.8. The van der Waals surface area contributed by atoms with Gasteiger partial charge in [-0.3, -0.25) is 4.90 Å². The molecule has 1 saturated heterocycles. The SMILES string of the molecule is C=CCOC(=O)NCc1ccccc1-c1ccc([C@@H]2O[C@H](CN(CC=C)C3CCCC3)C[C@H](c3ccc(CO)cc3)O2)cc1. The average molecular weight is 597 g/mol. The Morgan fingerprint density at radius 2 is 1.68 bits per heavy atom. The number of nitrogens with zero attached hydrogens (tertiary/aromatic N) is 1. The molecular formula is C37H44N2O5. The van der Waals surface area contributed by atoms with Crippen LogP contribution in [0.5, 0.6) is 0 Å². The van der Waals surface area contributed by atoms with Crippen LogP contribution in [0.1, 0.15) is 66.8 Å². The van der Waals surface area contributed by atoms with Crippen LogP contribution in [0.4, 0.5) is 4.79 Å². The lowest BCUT2D eigenvalue weighted by Crippen LogP contribution is -2.43. The Balaban J connectivity index is 1.34. The summed E-state index contributed by atoms with van der Waals surface area (Å²) in [6.07, 6.45) is 8.16. The van der Waals surface area contributed by atoms with Crippen molar-refractivity contribution in [3.05, 3.63) is 120 Å². The second-order valence-electron chi connectivity index (χ2n) is 11.6. The van der Waals surface area contributed by atoms with Crippen LogP contribution in [0, 0.1) is 0 Å². The summed E-state index contributed by atoms with van der Waals surface area (Å²) in [5.41, 5.74) is 5.97. The molecule has 1 amide bonds. The van der Waals surface area contributed by atoms with Crippen molar-refractivity contribution in [2.45, 2.75) is 69.8 Å². The number of aliphatic hydroxyl groups is 1. The highest BCUT2D eigenvalue weighted by atomic mass is 16.7. The molecule has 0 bridgehead atoms. The van der Waals surface area contributed by atoms with Gasteiger partial charge >= 0.3 is 6.09 Å². The fourth-order valence-electron chi connectivity index (χ4n) is 6.23. The van der Waals surface area contributed by atoms with Crippen molar-refractivity contribution in [3.63, 3.8) is 0 Å². The maximum absolute atomic E-state index is 12.0. The fraction of sp³-hybridized carbons (Fsp3) is 0.378. The summed E-state index contributed by atoms with van der Waals surface area (Å²) in [5, 5.41) is 12.4. The third kappa shape index (κ3) is 8.24. The van der Waals surface area contributed by atoms with E-state index in [-0.39, 0.29) is 25.4 Å². The highest BCUT2D eigenvalue weighted by Gasteiger charge is 2.34. The minimum absolute atomic E-state index is 0.0101. The lowest BCUT2D eigenvalue weighted by atomic mass is 9.97. The lowest BCUT2D eigenvalue weighted by Gasteiger charge is -2.39. The van der Waals surface area contributed by atoms with Crippen molar-refractivity contribution in [2.75, 3.05) is 19.7 Å². The summed E-state index contributed by atoms with van der Waals surface area (Å²) < 4.78 is 18.3. The van der Waals surface area contributed by atoms with Gasteiger partial charge in [-0.25, -0.2) is 4.79 Å². The minimum Gasteiger partial charge on any atom is -0.445 e. The van der Waals surface area contributed by atoms with E-state index in [1.165, 1.54) is 25.7 Å². The van der Waals surface area contributed by atoms with Gasteiger partial charge in [0.15, 0.2) is 6.29 Å². The number of amides is 1. The summed E-state index contributed by atoms with van der Waals surface area (Å²) in [6.45, 7) is 9.81. The number of carbonyl (C=O) groups excluding carboxylic acids is 1. The molecule has 5 rings (SSSR count). The second-order valence-corrected chi connectivity index (χ2v) is 11.6. The zero-order chi connectivity index (χ0) is 30.7. The number of carbonyl (C=O) groups is 1. The van der Waals surface area contributed by atoms with Crippen LogP contribution >= 0.6 is 0 Å². The predicted molar refractivity (Wildman–Crippen MR) is 173 cm³/mol. The average Bonchev–Trinajstić information content (AvgIpc) is 3.62. The Kier molecular flexibility index (Phi) is 11.4. The first kappa shape index (κ1) is 31.7. The largest absolute Gasteiger partial charge is 0.445 e. The number of benzene rings is 3. The van der Waals surface area contributed by atoms with E-state index in [1.54, 1.807) is 6.08 Å². The van der Waals surface area contributed by atoms with E-state index in [1.807, 2.05) is 42.5 Å². The fourth-order valence-corrected chi connectivity index (χ4v) is 6.23. The van der Waals surface area contributed by atoms with Crippen molar-refractivity contribution < 1.29 is 24.1 Å². The van der Waals surface area contributed by atoms with Crippen molar-refractivity contribution in [3.8, 4) is 11.1 Å². The van der Waals surface area contributed by atoms with Gasteiger partial charge in [0, 0.05) is 37.7 Å².